The fourth-order valence-corrected chi connectivity index (χ4v) is 6.01. The molecule has 0 bridgehead atoms. The highest BCUT2D eigenvalue weighted by molar-refractivity contribution is 8.00. The molecule has 43 heavy (non-hydrogen) atoms. The number of hydrogen-bond acceptors (Lipinski definition) is 10. The number of nitrogens with one attached hydrogen (secondary N) is 4. The number of carbonyl (C=O) groups excluding carboxylic acids is 3. The molecule has 3 rings (SSSR count). The number of azide groups is 1. The van der Waals surface area contributed by atoms with Crippen LogP contribution in [-0.2, 0) is 35.1 Å². The second-order valence-corrected chi connectivity index (χ2v) is 11.2. The van der Waals surface area contributed by atoms with E-state index < -0.39 is 0 Å². The highest BCUT2D eigenvalue weighted by Crippen LogP contribution is 2.33. The number of urea groups is 1. The summed E-state index contributed by atoms with van der Waals surface area (Å²) in [6.07, 6.45) is 5.01. The molecule has 0 aromatic carbocycles. The first-order chi connectivity index (χ1) is 21.0. The van der Waals surface area contributed by atoms with Crippen LogP contribution >= 0.6 is 11.8 Å². The quantitative estimate of drug-likeness (QED) is 0.0464. The van der Waals surface area contributed by atoms with E-state index in [-0.39, 0.29) is 49.5 Å². The molecule has 0 unspecified atom stereocenters. The van der Waals surface area contributed by atoms with E-state index in [0.717, 1.165) is 25.0 Å². The molecule has 1 aromatic rings. The number of hydrogen-bond donors (Lipinski definition) is 4. The van der Waals surface area contributed by atoms with Gasteiger partial charge in [0.1, 0.15) is 0 Å². The van der Waals surface area contributed by atoms with Gasteiger partial charge in [-0.3, -0.25) is 14.6 Å². The van der Waals surface area contributed by atoms with Gasteiger partial charge in [-0.25, -0.2) is 4.79 Å². The van der Waals surface area contributed by atoms with Crippen molar-refractivity contribution in [3.63, 3.8) is 0 Å². The third kappa shape index (κ3) is 14.3. The molecule has 3 atom stereocenters. The predicted molar refractivity (Wildman–Crippen MR) is 161 cm³/mol. The average Bonchev–Trinajstić information content (AvgIpc) is 3.56. The van der Waals surface area contributed by atoms with Crippen LogP contribution in [0.25, 0.3) is 10.4 Å². The third-order valence-electron chi connectivity index (χ3n) is 6.64. The Morgan fingerprint density at radius 2 is 1.70 bits per heavy atom. The Kier molecular flexibility index (Phi) is 16.5. The molecule has 2 saturated heterocycles. The number of thioether (sulfide) groups is 1. The molecule has 0 saturated carbocycles. The van der Waals surface area contributed by atoms with Gasteiger partial charge in [0.15, 0.2) is 0 Å². The molecule has 2 fully saturated rings. The zero-order chi connectivity index (χ0) is 30.5. The van der Waals surface area contributed by atoms with Crippen LogP contribution in [0.2, 0.25) is 0 Å². The minimum absolute atomic E-state index is 0.0288. The number of amides is 4. The summed E-state index contributed by atoms with van der Waals surface area (Å²) >= 11 is 1.89. The molecule has 16 heteroatoms. The van der Waals surface area contributed by atoms with Crippen LogP contribution in [0.3, 0.4) is 0 Å². The Morgan fingerprint density at radius 3 is 2.40 bits per heavy atom. The van der Waals surface area contributed by atoms with Gasteiger partial charge in [-0.05, 0) is 30.5 Å². The standard InChI is InChI=1S/C27H42N8O7S/c28-35-31-18-20-5-6-21(17-30-20)32-25(37)7-9-39-11-13-41-15-16-42-14-12-40-10-8-29-24(36)4-2-1-3-23-26-22(19-43-23)33-27(38)34-26/h5-6,17,22-23,26H,1-4,7-16,18-19H2,(H,29,36)(H,32,37)(H2,33,34,38)/t22-,23+,26-/m1/s1. The van der Waals surface area contributed by atoms with Crippen molar-refractivity contribution >= 4 is 35.3 Å². The summed E-state index contributed by atoms with van der Waals surface area (Å²) in [5, 5.41) is 15.4. The van der Waals surface area contributed by atoms with Gasteiger partial charge < -0.3 is 40.2 Å². The number of fused-ring (bicyclic) bond motifs is 1. The fourth-order valence-electron chi connectivity index (χ4n) is 4.47. The minimum atomic E-state index is -0.188. The summed E-state index contributed by atoms with van der Waals surface area (Å²) in [6, 6.07) is 3.77. The highest BCUT2D eigenvalue weighted by atomic mass is 32.2. The number of unbranched alkanes of at least 4 members (excludes halogenated alkanes) is 1. The maximum absolute atomic E-state index is 12.0. The molecule has 0 radical (unpaired) electrons. The Morgan fingerprint density at radius 1 is 0.977 bits per heavy atom. The lowest BCUT2D eigenvalue weighted by Gasteiger charge is -2.16. The Labute approximate surface area is 255 Å². The van der Waals surface area contributed by atoms with Crippen LogP contribution in [0.5, 0.6) is 0 Å². The largest absolute Gasteiger partial charge is 0.379 e. The van der Waals surface area contributed by atoms with Gasteiger partial charge in [0.2, 0.25) is 11.8 Å². The molecule has 0 spiro atoms. The van der Waals surface area contributed by atoms with Gasteiger partial charge in [0.05, 0.1) is 89.8 Å². The molecule has 238 valence electrons. The Hall–Kier alpha value is -3.14. The van der Waals surface area contributed by atoms with E-state index in [4.69, 9.17) is 24.5 Å². The molecule has 0 aliphatic carbocycles. The van der Waals surface area contributed by atoms with Crippen molar-refractivity contribution < 1.29 is 33.3 Å². The van der Waals surface area contributed by atoms with E-state index in [1.165, 1.54) is 6.20 Å². The lowest BCUT2D eigenvalue weighted by atomic mass is 10.0. The number of rotatable bonds is 23. The van der Waals surface area contributed by atoms with E-state index in [1.54, 1.807) is 12.1 Å². The van der Waals surface area contributed by atoms with Crippen LogP contribution < -0.4 is 21.3 Å². The second-order valence-electron chi connectivity index (χ2n) is 9.89. The van der Waals surface area contributed by atoms with Crippen molar-refractivity contribution in [3.8, 4) is 0 Å². The summed E-state index contributed by atoms with van der Waals surface area (Å²) in [4.78, 5) is 42.2. The summed E-state index contributed by atoms with van der Waals surface area (Å²) in [7, 11) is 0. The maximum Gasteiger partial charge on any atom is 0.315 e. The van der Waals surface area contributed by atoms with Crippen LogP contribution in [0.1, 0.15) is 37.8 Å². The molecule has 1 aromatic heterocycles. The van der Waals surface area contributed by atoms with Gasteiger partial charge in [-0.15, -0.1) is 0 Å². The molecule has 15 nitrogen and oxygen atoms in total. The highest BCUT2D eigenvalue weighted by Gasteiger charge is 2.42. The Bertz CT molecular complexity index is 1040. The van der Waals surface area contributed by atoms with E-state index in [2.05, 4.69) is 36.3 Å². The van der Waals surface area contributed by atoms with Crippen molar-refractivity contribution in [2.24, 2.45) is 5.11 Å². The van der Waals surface area contributed by atoms with Gasteiger partial charge >= 0.3 is 6.03 Å². The van der Waals surface area contributed by atoms with Gasteiger partial charge in [0, 0.05) is 34.6 Å². The minimum Gasteiger partial charge on any atom is -0.379 e. The number of ether oxygens (including phenoxy) is 4. The number of carbonyl (C=O) groups is 3. The predicted octanol–water partition coefficient (Wildman–Crippen LogP) is 2.13. The number of nitrogens with zero attached hydrogens (tertiary/aromatic N) is 4. The summed E-state index contributed by atoms with van der Waals surface area (Å²) in [5.74, 6) is 0.793. The van der Waals surface area contributed by atoms with Crippen molar-refractivity contribution in [1.29, 1.82) is 0 Å². The molecule has 4 amide bonds. The van der Waals surface area contributed by atoms with Crippen molar-refractivity contribution in [3.05, 3.63) is 34.5 Å². The monoisotopic (exact) mass is 622 g/mol. The lowest BCUT2D eigenvalue weighted by Crippen LogP contribution is -2.36. The molecular weight excluding hydrogens is 580 g/mol. The van der Waals surface area contributed by atoms with Crippen molar-refractivity contribution in [2.75, 3.05) is 70.5 Å². The number of anilines is 1. The third-order valence-corrected chi connectivity index (χ3v) is 8.15. The smallest absolute Gasteiger partial charge is 0.315 e. The van der Waals surface area contributed by atoms with E-state index in [0.29, 0.717) is 75.8 Å². The first-order valence-corrected chi connectivity index (χ1v) is 15.6. The maximum atomic E-state index is 12.0. The second kappa shape index (κ2) is 20.7. The average molecular weight is 623 g/mol. The van der Waals surface area contributed by atoms with Gasteiger partial charge in [-0.2, -0.15) is 11.8 Å². The fraction of sp³-hybridized carbons (Fsp3) is 0.704. The number of pyridine rings is 1. The normalized spacial score (nSPS) is 18.8. The Balaban J connectivity index is 1.02. The van der Waals surface area contributed by atoms with E-state index in [1.807, 2.05) is 11.8 Å². The summed E-state index contributed by atoms with van der Waals surface area (Å²) in [5.41, 5.74) is 9.50. The molecular formula is C27H42N8O7S. The van der Waals surface area contributed by atoms with E-state index in [9.17, 15) is 14.4 Å². The van der Waals surface area contributed by atoms with E-state index >= 15 is 0 Å². The van der Waals surface area contributed by atoms with Crippen LogP contribution in [0.15, 0.2) is 23.4 Å². The van der Waals surface area contributed by atoms with Crippen LogP contribution in [0.4, 0.5) is 10.5 Å². The summed E-state index contributed by atoms with van der Waals surface area (Å²) < 4.78 is 21.8. The first-order valence-electron chi connectivity index (χ1n) is 14.6. The molecule has 2 aliphatic rings. The molecule has 3 heterocycles. The van der Waals surface area contributed by atoms with Crippen LogP contribution in [0, 0.1) is 0 Å². The molecule has 2 aliphatic heterocycles. The zero-order valence-electron chi connectivity index (χ0n) is 24.3. The first kappa shape index (κ1) is 34.4. The van der Waals surface area contributed by atoms with Crippen molar-refractivity contribution in [2.45, 2.75) is 56.0 Å². The topological polar surface area (TPSA) is 198 Å². The van der Waals surface area contributed by atoms with Crippen molar-refractivity contribution in [1.82, 2.24) is 20.9 Å². The SMILES string of the molecule is [N-]=[N+]=NCc1ccc(NC(=O)CCOCCOCCOCCOCCNC(=O)CCCC[C@@H]2SC[C@H]3NC(=O)N[C@@H]23)cn1. The number of aromatic nitrogens is 1. The molecule has 4 N–H and O–H groups in total. The lowest BCUT2D eigenvalue weighted by molar-refractivity contribution is -0.121. The van der Waals surface area contributed by atoms with Crippen LogP contribution in [-0.4, -0.2) is 105 Å². The summed E-state index contributed by atoms with van der Waals surface area (Å²) in [6.45, 7) is 3.82. The zero-order valence-corrected chi connectivity index (χ0v) is 25.1. The van der Waals surface area contributed by atoms with Gasteiger partial charge in [0.25, 0.3) is 0 Å². The van der Waals surface area contributed by atoms with Gasteiger partial charge in [-0.1, -0.05) is 11.5 Å².